The summed E-state index contributed by atoms with van der Waals surface area (Å²) in [5, 5.41) is 1.17. The van der Waals surface area contributed by atoms with Crippen LogP contribution >= 0.6 is 11.5 Å². The van der Waals surface area contributed by atoms with Crippen LogP contribution in [0, 0.1) is 0 Å². The van der Waals surface area contributed by atoms with Gasteiger partial charge in [0.2, 0.25) is 5.56 Å². The summed E-state index contributed by atoms with van der Waals surface area (Å²) in [5.74, 6) is 0.997. The molecule has 0 radical (unpaired) electrons. The molecule has 3 heterocycles. The largest absolute Gasteiger partial charge is 0.352 e. The van der Waals surface area contributed by atoms with Crippen LogP contribution in [0.25, 0.3) is 10.1 Å². The number of aromatic amines is 1. The Morgan fingerprint density at radius 3 is 2.69 bits per heavy atom. The van der Waals surface area contributed by atoms with Gasteiger partial charge in [-0.15, -0.1) is 0 Å². The number of rotatable bonds is 3. The number of fused-ring (bicyclic) bond motifs is 1. The summed E-state index contributed by atoms with van der Waals surface area (Å²) < 4.78 is 5.79. The summed E-state index contributed by atoms with van der Waals surface area (Å²) in [6.45, 7) is 4.74. The first-order chi connectivity index (χ1) is 12.7. The average Bonchev–Trinajstić information content (AvgIpc) is 3.11. The standard InChI is InChI=1S/C19H20N4O2S/c1-2-15-13(7-8-17(24)20-15)19(25)23-11-9-22(10-12-23)18-14-5-3-4-6-16(14)26-21-18/h3-8H,2,9-12H2,1H3,(H,20,24). The molecule has 1 aliphatic heterocycles. The summed E-state index contributed by atoms with van der Waals surface area (Å²) in [6, 6.07) is 11.3. The number of aromatic nitrogens is 2. The van der Waals surface area contributed by atoms with Crippen LogP contribution in [0.2, 0.25) is 0 Å². The molecule has 0 atom stereocenters. The van der Waals surface area contributed by atoms with E-state index in [1.807, 2.05) is 24.0 Å². The molecule has 2 aromatic heterocycles. The second-order valence-electron chi connectivity index (χ2n) is 6.35. The lowest BCUT2D eigenvalue weighted by Gasteiger charge is -2.35. The predicted molar refractivity (Wildman–Crippen MR) is 104 cm³/mol. The maximum Gasteiger partial charge on any atom is 0.255 e. The van der Waals surface area contributed by atoms with Gasteiger partial charge in [-0.2, -0.15) is 4.37 Å². The van der Waals surface area contributed by atoms with E-state index < -0.39 is 0 Å². The van der Waals surface area contributed by atoms with E-state index in [0.717, 1.165) is 18.9 Å². The van der Waals surface area contributed by atoms with Gasteiger partial charge in [0.25, 0.3) is 5.91 Å². The van der Waals surface area contributed by atoms with Gasteiger partial charge >= 0.3 is 0 Å². The summed E-state index contributed by atoms with van der Waals surface area (Å²) in [4.78, 5) is 31.2. The lowest BCUT2D eigenvalue weighted by Crippen LogP contribution is -2.49. The van der Waals surface area contributed by atoms with Crippen molar-refractivity contribution in [2.45, 2.75) is 13.3 Å². The molecule has 1 aliphatic rings. The third-order valence-corrected chi connectivity index (χ3v) is 5.63. The van der Waals surface area contributed by atoms with Crippen LogP contribution in [-0.4, -0.2) is 46.3 Å². The quantitative estimate of drug-likeness (QED) is 0.771. The lowest BCUT2D eigenvalue weighted by atomic mass is 10.1. The number of benzene rings is 1. The highest BCUT2D eigenvalue weighted by Crippen LogP contribution is 2.30. The van der Waals surface area contributed by atoms with E-state index in [9.17, 15) is 9.59 Å². The predicted octanol–water partition coefficient (Wildman–Crippen LogP) is 2.51. The highest BCUT2D eigenvalue weighted by atomic mass is 32.1. The van der Waals surface area contributed by atoms with Crippen molar-refractivity contribution in [1.82, 2.24) is 14.3 Å². The maximum atomic E-state index is 12.9. The fourth-order valence-corrected chi connectivity index (χ4v) is 4.18. The molecule has 6 nitrogen and oxygen atoms in total. The Hall–Kier alpha value is -2.67. The molecular weight excluding hydrogens is 348 g/mol. The minimum atomic E-state index is -0.168. The van der Waals surface area contributed by atoms with Gasteiger partial charge in [0.1, 0.15) is 5.82 Å². The Kier molecular flexibility index (Phi) is 4.46. The topological polar surface area (TPSA) is 69.3 Å². The minimum Gasteiger partial charge on any atom is -0.352 e. The van der Waals surface area contributed by atoms with Crippen molar-refractivity contribution in [2.75, 3.05) is 31.1 Å². The minimum absolute atomic E-state index is 0.0131. The van der Waals surface area contributed by atoms with Crippen LogP contribution < -0.4 is 10.5 Å². The molecular formula is C19H20N4O2S. The Balaban J connectivity index is 1.50. The number of carbonyl (C=O) groups excluding carboxylic acids is 1. The zero-order valence-corrected chi connectivity index (χ0v) is 15.4. The Morgan fingerprint density at radius 1 is 1.15 bits per heavy atom. The molecule has 3 aromatic rings. The lowest BCUT2D eigenvalue weighted by molar-refractivity contribution is 0.0745. The number of nitrogens with one attached hydrogen (secondary N) is 1. The first kappa shape index (κ1) is 16.8. The molecule has 1 saturated heterocycles. The molecule has 1 N–H and O–H groups in total. The van der Waals surface area contributed by atoms with Crippen molar-refractivity contribution in [3.8, 4) is 0 Å². The second-order valence-corrected chi connectivity index (χ2v) is 7.15. The van der Waals surface area contributed by atoms with Crippen molar-refractivity contribution in [3.05, 3.63) is 58.0 Å². The van der Waals surface area contributed by atoms with E-state index in [1.54, 1.807) is 6.07 Å². The number of amides is 1. The molecule has 26 heavy (non-hydrogen) atoms. The van der Waals surface area contributed by atoms with Crippen molar-refractivity contribution < 1.29 is 4.79 Å². The van der Waals surface area contributed by atoms with Crippen LogP contribution in [0.5, 0.6) is 0 Å². The van der Waals surface area contributed by atoms with Gasteiger partial charge in [0.15, 0.2) is 0 Å². The number of hydrogen-bond acceptors (Lipinski definition) is 5. The third-order valence-electron chi connectivity index (χ3n) is 4.81. The highest BCUT2D eigenvalue weighted by molar-refractivity contribution is 7.13. The van der Waals surface area contributed by atoms with Crippen LogP contribution in [0.15, 0.2) is 41.2 Å². The van der Waals surface area contributed by atoms with E-state index in [0.29, 0.717) is 30.8 Å². The zero-order chi connectivity index (χ0) is 18.1. The number of carbonyl (C=O) groups is 1. The third kappa shape index (κ3) is 2.99. The average molecular weight is 368 g/mol. The number of aryl methyl sites for hydroxylation is 1. The molecule has 1 aromatic carbocycles. The zero-order valence-electron chi connectivity index (χ0n) is 14.6. The van der Waals surface area contributed by atoms with Gasteiger partial charge < -0.3 is 14.8 Å². The summed E-state index contributed by atoms with van der Waals surface area (Å²) in [7, 11) is 0. The smallest absolute Gasteiger partial charge is 0.255 e. The van der Waals surface area contributed by atoms with E-state index in [-0.39, 0.29) is 11.5 Å². The summed E-state index contributed by atoms with van der Waals surface area (Å²) in [5.41, 5.74) is 1.13. The Labute approximate surface area is 155 Å². The monoisotopic (exact) mass is 368 g/mol. The van der Waals surface area contributed by atoms with Crippen LogP contribution in [-0.2, 0) is 6.42 Å². The number of anilines is 1. The van der Waals surface area contributed by atoms with E-state index in [1.165, 1.54) is 27.7 Å². The van der Waals surface area contributed by atoms with Crippen molar-refractivity contribution in [2.24, 2.45) is 0 Å². The SMILES string of the molecule is CCc1[nH]c(=O)ccc1C(=O)N1CCN(c2nsc3ccccc23)CC1. The fourth-order valence-electron chi connectivity index (χ4n) is 3.39. The van der Waals surface area contributed by atoms with Crippen molar-refractivity contribution in [1.29, 1.82) is 0 Å². The Morgan fingerprint density at radius 2 is 1.92 bits per heavy atom. The normalized spacial score (nSPS) is 14.8. The number of nitrogens with zero attached hydrogens (tertiary/aromatic N) is 3. The van der Waals surface area contributed by atoms with Gasteiger partial charge in [-0.05, 0) is 36.2 Å². The number of hydrogen-bond donors (Lipinski definition) is 1. The van der Waals surface area contributed by atoms with E-state index in [2.05, 4.69) is 26.4 Å². The van der Waals surface area contributed by atoms with Crippen molar-refractivity contribution >= 4 is 33.3 Å². The molecule has 0 unspecified atom stereocenters. The van der Waals surface area contributed by atoms with E-state index in [4.69, 9.17) is 0 Å². The van der Waals surface area contributed by atoms with Crippen LogP contribution in [0.1, 0.15) is 23.0 Å². The van der Waals surface area contributed by atoms with Crippen LogP contribution in [0.3, 0.4) is 0 Å². The molecule has 0 bridgehead atoms. The highest BCUT2D eigenvalue weighted by Gasteiger charge is 2.25. The fraction of sp³-hybridized carbons (Fsp3) is 0.316. The van der Waals surface area contributed by atoms with Gasteiger partial charge in [0, 0.05) is 43.3 Å². The van der Waals surface area contributed by atoms with E-state index >= 15 is 0 Å². The summed E-state index contributed by atoms with van der Waals surface area (Å²) in [6.07, 6.45) is 0.627. The second kappa shape index (κ2) is 6.92. The first-order valence-corrected chi connectivity index (χ1v) is 9.55. The molecule has 1 fully saturated rings. The first-order valence-electron chi connectivity index (χ1n) is 8.78. The number of pyridine rings is 1. The maximum absolute atomic E-state index is 12.9. The van der Waals surface area contributed by atoms with Gasteiger partial charge in [-0.1, -0.05) is 19.1 Å². The molecule has 4 rings (SSSR count). The van der Waals surface area contributed by atoms with Crippen molar-refractivity contribution in [3.63, 3.8) is 0 Å². The van der Waals surface area contributed by atoms with Gasteiger partial charge in [0.05, 0.1) is 10.3 Å². The molecule has 134 valence electrons. The Bertz CT molecular complexity index is 1000. The van der Waals surface area contributed by atoms with Crippen LogP contribution in [0.4, 0.5) is 5.82 Å². The number of H-pyrrole nitrogens is 1. The van der Waals surface area contributed by atoms with Gasteiger partial charge in [-0.3, -0.25) is 9.59 Å². The summed E-state index contributed by atoms with van der Waals surface area (Å²) >= 11 is 1.51. The van der Waals surface area contributed by atoms with Gasteiger partial charge in [-0.25, -0.2) is 0 Å². The molecule has 7 heteroatoms. The molecule has 0 aliphatic carbocycles. The molecule has 0 spiro atoms. The molecule has 0 saturated carbocycles. The molecule has 1 amide bonds. The number of piperazine rings is 1.